The number of carbonyl (C=O) groups is 2. The number of hydrogen-bond acceptors (Lipinski definition) is 7. The van der Waals surface area contributed by atoms with Crippen LogP contribution in [0.15, 0.2) is 57.8 Å². The highest BCUT2D eigenvalue weighted by atomic mass is 16.5. The minimum Gasteiger partial charge on any atom is -0.493 e. The molecule has 2 heterocycles. The van der Waals surface area contributed by atoms with Gasteiger partial charge >= 0.3 is 0 Å². The topological polar surface area (TPSA) is 103 Å². The molecule has 1 saturated carbocycles. The van der Waals surface area contributed by atoms with Crippen molar-refractivity contribution in [2.75, 3.05) is 21.3 Å². The fraction of sp³-hybridized carbons (Fsp3) is 0.385. The smallest absolute Gasteiger partial charge is 0.290 e. The maximum Gasteiger partial charge on any atom is 0.290 e. The number of amides is 2. The van der Waals surface area contributed by atoms with Crippen LogP contribution in [-0.4, -0.2) is 44.1 Å². The van der Waals surface area contributed by atoms with Crippen LogP contribution in [-0.2, 0) is 11.3 Å². The number of hydrogen-bond donors (Lipinski definition) is 1. The molecule has 2 amide bonds. The molecule has 1 aliphatic rings. The summed E-state index contributed by atoms with van der Waals surface area (Å²) in [6.07, 6.45) is 6.86. The Hall–Kier alpha value is -3.88. The number of benzene rings is 1. The van der Waals surface area contributed by atoms with Gasteiger partial charge in [-0.05, 0) is 54.8 Å². The molecule has 0 unspecified atom stereocenters. The summed E-state index contributed by atoms with van der Waals surface area (Å²) >= 11 is 0. The van der Waals surface area contributed by atoms with Crippen molar-refractivity contribution in [3.05, 3.63) is 66.0 Å². The molecule has 1 fully saturated rings. The van der Waals surface area contributed by atoms with Gasteiger partial charge in [0.2, 0.25) is 11.7 Å². The Balaban J connectivity index is 1.82. The largest absolute Gasteiger partial charge is 0.493 e. The van der Waals surface area contributed by atoms with Crippen molar-refractivity contribution >= 4 is 11.8 Å². The minimum atomic E-state index is -1.02. The minimum absolute atomic E-state index is 0.0476. The van der Waals surface area contributed by atoms with Crippen LogP contribution in [0.25, 0.3) is 0 Å². The van der Waals surface area contributed by atoms with Gasteiger partial charge in [-0.15, -0.1) is 0 Å². The average molecular weight is 483 g/mol. The first-order valence-electron chi connectivity index (χ1n) is 11.5. The third-order valence-corrected chi connectivity index (χ3v) is 6.16. The molecule has 3 aromatic rings. The molecule has 0 saturated heterocycles. The van der Waals surface area contributed by atoms with E-state index in [2.05, 4.69) is 5.32 Å². The predicted octanol–water partition coefficient (Wildman–Crippen LogP) is 4.34. The number of nitrogens with one attached hydrogen (secondary N) is 1. The van der Waals surface area contributed by atoms with Crippen molar-refractivity contribution in [3.63, 3.8) is 0 Å². The summed E-state index contributed by atoms with van der Waals surface area (Å²) in [5, 5.41) is 3.13. The van der Waals surface area contributed by atoms with Crippen molar-refractivity contribution in [2.24, 2.45) is 0 Å². The second-order valence-corrected chi connectivity index (χ2v) is 8.34. The van der Waals surface area contributed by atoms with E-state index in [1.807, 2.05) is 0 Å². The Morgan fingerprint density at radius 3 is 2.20 bits per heavy atom. The summed E-state index contributed by atoms with van der Waals surface area (Å²) in [6.45, 7) is 0.0476. The van der Waals surface area contributed by atoms with Crippen LogP contribution in [0, 0.1) is 0 Å². The lowest BCUT2D eigenvalue weighted by Crippen LogP contribution is -2.45. The van der Waals surface area contributed by atoms with Gasteiger partial charge in [-0.25, -0.2) is 0 Å². The van der Waals surface area contributed by atoms with E-state index in [1.165, 1.54) is 38.8 Å². The van der Waals surface area contributed by atoms with Crippen LogP contribution in [0.2, 0.25) is 0 Å². The Labute approximate surface area is 203 Å². The monoisotopic (exact) mass is 482 g/mol. The lowest BCUT2D eigenvalue weighted by atomic mass is 10.0. The number of rotatable bonds is 10. The summed E-state index contributed by atoms with van der Waals surface area (Å²) in [7, 11) is 4.51. The Bertz CT molecular complexity index is 1090. The van der Waals surface area contributed by atoms with Crippen molar-refractivity contribution in [2.45, 2.75) is 44.3 Å². The molecule has 1 aromatic carbocycles. The zero-order chi connectivity index (χ0) is 24.8. The van der Waals surface area contributed by atoms with Crippen LogP contribution in [0.4, 0.5) is 0 Å². The van der Waals surface area contributed by atoms with Gasteiger partial charge < -0.3 is 33.3 Å². The Morgan fingerprint density at radius 2 is 1.66 bits per heavy atom. The van der Waals surface area contributed by atoms with Crippen LogP contribution in [0.3, 0.4) is 0 Å². The first-order chi connectivity index (χ1) is 17.0. The maximum atomic E-state index is 13.8. The van der Waals surface area contributed by atoms with Gasteiger partial charge in [-0.2, -0.15) is 0 Å². The van der Waals surface area contributed by atoms with Crippen LogP contribution in [0.1, 0.15) is 53.6 Å². The molecule has 1 aliphatic carbocycles. The van der Waals surface area contributed by atoms with Gasteiger partial charge in [0.1, 0.15) is 11.8 Å². The zero-order valence-corrected chi connectivity index (χ0v) is 20.1. The summed E-state index contributed by atoms with van der Waals surface area (Å²) in [5.74, 6) is 1.03. The molecule has 9 nitrogen and oxygen atoms in total. The van der Waals surface area contributed by atoms with E-state index < -0.39 is 11.9 Å². The standard InChI is InChI=1S/C26H30N2O7/c1-31-21-14-17(15-22(32-2)24(21)33-3)23(25(29)27-18-8-4-5-9-18)28(16-19-10-6-12-34-19)26(30)20-11-7-13-35-20/h6-7,10-15,18,23H,4-5,8-9,16H2,1-3H3,(H,27,29)/t23-/m0/s1. The van der Waals surface area contributed by atoms with Crippen molar-refractivity contribution in [1.29, 1.82) is 0 Å². The third-order valence-electron chi connectivity index (χ3n) is 6.16. The van der Waals surface area contributed by atoms with Crippen LogP contribution < -0.4 is 19.5 Å². The summed E-state index contributed by atoms with van der Waals surface area (Å²) in [6, 6.07) is 9.09. The molecular formula is C26H30N2O7. The van der Waals surface area contributed by atoms with Crippen molar-refractivity contribution < 1.29 is 32.6 Å². The van der Waals surface area contributed by atoms with E-state index in [9.17, 15) is 9.59 Å². The van der Waals surface area contributed by atoms with E-state index in [0.29, 0.717) is 28.6 Å². The Kier molecular flexibility index (Phi) is 7.64. The third kappa shape index (κ3) is 5.29. The highest BCUT2D eigenvalue weighted by molar-refractivity contribution is 5.96. The van der Waals surface area contributed by atoms with Gasteiger partial charge in [-0.3, -0.25) is 9.59 Å². The number of ether oxygens (including phenoxy) is 3. The molecule has 35 heavy (non-hydrogen) atoms. The second-order valence-electron chi connectivity index (χ2n) is 8.34. The van der Waals surface area contributed by atoms with E-state index in [0.717, 1.165) is 25.7 Å². The normalized spacial score (nSPS) is 14.4. The highest BCUT2D eigenvalue weighted by Gasteiger charge is 2.36. The van der Waals surface area contributed by atoms with Gasteiger partial charge in [0.05, 0.1) is 40.4 Å². The lowest BCUT2D eigenvalue weighted by molar-refractivity contribution is -0.126. The molecule has 1 atom stereocenters. The first kappa shape index (κ1) is 24.3. The van der Waals surface area contributed by atoms with E-state index in [1.54, 1.807) is 36.4 Å². The van der Waals surface area contributed by atoms with Gasteiger partial charge in [0, 0.05) is 6.04 Å². The molecule has 0 bridgehead atoms. The van der Waals surface area contributed by atoms with Gasteiger partial charge in [0.25, 0.3) is 5.91 Å². The van der Waals surface area contributed by atoms with Crippen molar-refractivity contribution in [1.82, 2.24) is 10.2 Å². The summed E-state index contributed by atoms with van der Waals surface area (Å²) in [5.41, 5.74) is 0.501. The molecule has 0 aliphatic heterocycles. The van der Waals surface area contributed by atoms with Crippen LogP contribution >= 0.6 is 0 Å². The molecule has 0 radical (unpaired) electrons. The second kappa shape index (κ2) is 11.0. The summed E-state index contributed by atoms with van der Waals surface area (Å²) in [4.78, 5) is 28.9. The van der Waals surface area contributed by atoms with E-state index in [4.69, 9.17) is 23.0 Å². The number of carbonyl (C=O) groups excluding carboxylic acids is 2. The molecule has 0 spiro atoms. The zero-order valence-electron chi connectivity index (χ0n) is 20.1. The Morgan fingerprint density at radius 1 is 1.00 bits per heavy atom. The summed E-state index contributed by atoms with van der Waals surface area (Å²) < 4.78 is 27.4. The molecular weight excluding hydrogens is 452 g/mol. The van der Waals surface area contributed by atoms with E-state index in [-0.39, 0.29) is 24.3 Å². The fourth-order valence-corrected chi connectivity index (χ4v) is 4.47. The first-order valence-corrected chi connectivity index (χ1v) is 11.5. The van der Waals surface area contributed by atoms with Crippen LogP contribution in [0.5, 0.6) is 17.2 Å². The van der Waals surface area contributed by atoms with Gasteiger partial charge in [0.15, 0.2) is 17.3 Å². The quantitative estimate of drug-likeness (QED) is 0.458. The number of methoxy groups -OCH3 is 3. The SMILES string of the molecule is COc1cc([C@@H](C(=O)NC2CCCC2)N(Cc2ccco2)C(=O)c2ccco2)cc(OC)c1OC. The number of furan rings is 2. The highest BCUT2D eigenvalue weighted by Crippen LogP contribution is 2.41. The van der Waals surface area contributed by atoms with Crippen molar-refractivity contribution in [3.8, 4) is 17.2 Å². The predicted molar refractivity (Wildman–Crippen MR) is 127 cm³/mol. The maximum absolute atomic E-state index is 13.8. The lowest BCUT2D eigenvalue weighted by Gasteiger charge is -2.31. The molecule has 4 rings (SSSR count). The average Bonchev–Trinajstić information content (AvgIpc) is 3.66. The molecule has 1 N–H and O–H groups in total. The van der Waals surface area contributed by atoms with Gasteiger partial charge in [-0.1, -0.05) is 12.8 Å². The molecule has 9 heteroatoms. The number of nitrogens with zero attached hydrogens (tertiary/aromatic N) is 1. The molecule has 2 aromatic heterocycles. The fourth-order valence-electron chi connectivity index (χ4n) is 4.47. The van der Waals surface area contributed by atoms with E-state index >= 15 is 0 Å². The molecule has 186 valence electrons.